The number of carbonyl (C=O) groups is 1. The Kier molecular flexibility index (Phi) is 5.28. The number of H-pyrrole nitrogens is 1. The van der Waals surface area contributed by atoms with Crippen molar-refractivity contribution in [2.24, 2.45) is 0 Å². The Morgan fingerprint density at radius 3 is 2.60 bits per heavy atom. The average Bonchev–Trinajstić information content (AvgIpc) is 2.36. The normalized spacial score (nSPS) is 13.1. The number of amides is 1. The first kappa shape index (κ1) is 16.2. The van der Waals surface area contributed by atoms with Crippen LogP contribution in [0.25, 0.3) is 0 Å². The molecule has 0 spiro atoms. The molecule has 0 bridgehead atoms. The molecule has 0 aromatic carbocycles. The minimum Gasteiger partial charge on any atom is -0.394 e. The van der Waals surface area contributed by atoms with Crippen LogP contribution in [0.2, 0.25) is 0 Å². The molecular weight excluding hydrogens is 281 g/mol. The van der Waals surface area contributed by atoms with Gasteiger partial charge in [-0.1, -0.05) is 0 Å². The number of nitrogens with one attached hydrogen (secondary N) is 2. The van der Waals surface area contributed by atoms with E-state index in [4.69, 9.17) is 9.84 Å². The van der Waals surface area contributed by atoms with Crippen molar-refractivity contribution in [1.82, 2.24) is 10.3 Å². The molecule has 1 rings (SSSR count). The Morgan fingerprint density at radius 2 is 2.15 bits per heavy atom. The number of aliphatic hydroxyl groups excluding tert-OH is 1. The van der Waals surface area contributed by atoms with Crippen molar-refractivity contribution in [1.29, 1.82) is 0 Å². The summed E-state index contributed by atoms with van der Waals surface area (Å²) >= 11 is 0. The summed E-state index contributed by atoms with van der Waals surface area (Å²) < 4.78 is 41.8. The summed E-state index contributed by atoms with van der Waals surface area (Å²) in [6.45, 7) is -0.432. The fraction of sp³-hybridized carbons (Fsp3) is 0.455. The van der Waals surface area contributed by atoms with Gasteiger partial charge in [0.25, 0.3) is 11.5 Å². The third-order valence-electron chi connectivity index (χ3n) is 2.38. The first-order valence-corrected chi connectivity index (χ1v) is 5.50. The topological polar surface area (TPSA) is 91.4 Å². The van der Waals surface area contributed by atoms with Crippen molar-refractivity contribution >= 4 is 5.91 Å². The van der Waals surface area contributed by atoms with Gasteiger partial charge in [-0.3, -0.25) is 9.59 Å². The SMILES string of the molecule is COCC(CO)NC(=O)c1ccc(C(F)(F)F)[nH]c1=O. The van der Waals surface area contributed by atoms with E-state index < -0.39 is 41.5 Å². The summed E-state index contributed by atoms with van der Waals surface area (Å²) in [7, 11) is 1.35. The molecule has 1 aromatic heterocycles. The van der Waals surface area contributed by atoms with Gasteiger partial charge in [0.15, 0.2) is 0 Å². The number of carbonyl (C=O) groups excluding carboxylic acids is 1. The molecule has 6 nitrogen and oxygen atoms in total. The summed E-state index contributed by atoms with van der Waals surface area (Å²) in [5, 5.41) is 11.2. The number of halogens is 3. The van der Waals surface area contributed by atoms with Gasteiger partial charge in [0.05, 0.1) is 19.3 Å². The van der Waals surface area contributed by atoms with Gasteiger partial charge < -0.3 is 20.1 Å². The zero-order valence-electron chi connectivity index (χ0n) is 10.5. The Labute approximate surface area is 111 Å². The molecule has 9 heteroatoms. The van der Waals surface area contributed by atoms with Gasteiger partial charge in [0.2, 0.25) is 0 Å². The van der Waals surface area contributed by atoms with Crippen LogP contribution in [0, 0.1) is 0 Å². The van der Waals surface area contributed by atoms with E-state index in [0.29, 0.717) is 6.07 Å². The smallest absolute Gasteiger partial charge is 0.394 e. The predicted molar refractivity (Wildman–Crippen MR) is 62.3 cm³/mol. The van der Waals surface area contributed by atoms with Crippen molar-refractivity contribution in [2.75, 3.05) is 20.3 Å². The lowest BCUT2D eigenvalue weighted by Crippen LogP contribution is -2.42. The number of hydrogen-bond acceptors (Lipinski definition) is 4. The van der Waals surface area contributed by atoms with E-state index in [1.165, 1.54) is 7.11 Å². The number of methoxy groups -OCH3 is 1. The Hall–Kier alpha value is -1.87. The highest BCUT2D eigenvalue weighted by Gasteiger charge is 2.32. The summed E-state index contributed by atoms with van der Waals surface area (Å²) in [5.41, 5.74) is -2.88. The van der Waals surface area contributed by atoms with Crippen LogP contribution in [0.4, 0.5) is 13.2 Å². The summed E-state index contributed by atoms with van der Waals surface area (Å²) in [6.07, 6.45) is -4.70. The number of rotatable bonds is 5. The van der Waals surface area contributed by atoms with Crippen molar-refractivity contribution in [2.45, 2.75) is 12.2 Å². The number of aliphatic hydroxyl groups is 1. The second-order valence-corrected chi connectivity index (χ2v) is 3.92. The van der Waals surface area contributed by atoms with Crippen LogP contribution in [-0.4, -0.2) is 42.4 Å². The molecule has 20 heavy (non-hydrogen) atoms. The van der Waals surface area contributed by atoms with Crippen LogP contribution in [0.1, 0.15) is 16.1 Å². The highest BCUT2D eigenvalue weighted by Crippen LogP contribution is 2.26. The molecule has 0 aliphatic carbocycles. The molecule has 1 aromatic rings. The number of alkyl halides is 3. The van der Waals surface area contributed by atoms with Crippen LogP contribution in [0.3, 0.4) is 0 Å². The monoisotopic (exact) mass is 294 g/mol. The van der Waals surface area contributed by atoms with E-state index in [0.717, 1.165) is 6.07 Å². The second kappa shape index (κ2) is 6.53. The van der Waals surface area contributed by atoms with Gasteiger partial charge >= 0.3 is 6.18 Å². The van der Waals surface area contributed by atoms with Crippen LogP contribution in [0.15, 0.2) is 16.9 Å². The molecule has 112 valence electrons. The van der Waals surface area contributed by atoms with E-state index in [9.17, 15) is 22.8 Å². The standard InChI is InChI=1S/C11H13F3N2O4/c1-20-5-6(4-17)15-9(18)7-2-3-8(11(12,13)14)16-10(7)19/h2-3,6,17H,4-5H2,1H3,(H,15,18)(H,16,19). The number of hydrogen-bond donors (Lipinski definition) is 3. The number of aromatic nitrogens is 1. The lowest BCUT2D eigenvalue weighted by atomic mass is 10.2. The zero-order valence-corrected chi connectivity index (χ0v) is 10.5. The largest absolute Gasteiger partial charge is 0.431 e. The average molecular weight is 294 g/mol. The first-order valence-electron chi connectivity index (χ1n) is 5.50. The molecule has 1 unspecified atom stereocenters. The fourth-order valence-electron chi connectivity index (χ4n) is 1.42. The molecule has 0 aliphatic heterocycles. The lowest BCUT2D eigenvalue weighted by Gasteiger charge is -2.15. The van der Waals surface area contributed by atoms with E-state index in [1.54, 1.807) is 4.98 Å². The van der Waals surface area contributed by atoms with E-state index in [1.807, 2.05) is 0 Å². The Balaban J connectivity index is 2.92. The Bertz CT molecular complexity index is 527. The second-order valence-electron chi connectivity index (χ2n) is 3.92. The summed E-state index contributed by atoms with van der Waals surface area (Å²) in [4.78, 5) is 24.7. The van der Waals surface area contributed by atoms with E-state index in [2.05, 4.69) is 5.32 Å². The van der Waals surface area contributed by atoms with Crippen LogP contribution in [0.5, 0.6) is 0 Å². The van der Waals surface area contributed by atoms with Gasteiger partial charge in [-0.15, -0.1) is 0 Å². The molecule has 1 heterocycles. The Morgan fingerprint density at radius 1 is 1.50 bits per heavy atom. The zero-order chi connectivity index (χ0) is 15.3. The van der Waals surface area contributed by atoms with E-state index in [-0.39, 0.29) is 6.61 Å². The summed E-state index contributed by atoms with van der Waals surface area (Å²) in [5.74, 6) is -0.893. The van der Waals surface area contributed by atoms with Gasteiger partial charge in [0, 0.05) is 7.11 Å². The highest BCUT2D eigenvalue weighted by molar-refractivity contribution is 5.94. The number of pyridine rings is 1. The molecule has 3 N–H and O–H groups in total. The third kappa shape index (κ3) is 4.07. The maximum absolute atomic E-state index is 12.3. The molecule has 0 saturated carbocycles. The minimum absolute atomic E-state index is 0.000773. The van der Waals surface area contributed by atoms with E-state index >= 15 is 0 Å². The van der Waals surface area contributed by atoms with Gasteiger partial charge in [-0.25, -0.2) is 0 Å². The molecule has 0 radical (unpaired) electrons. The minimum atomic E-state index is -4.70. The predicted octanol–water partition coefficient (Wildman–Crippen LogP) is 0.131. The fourth-order valence-corrected chi connectivity index (χ4v) is 1.42. The van der Waals surface area contributed by atoms with Gasteiger partial charge in [-0.2, -0.15) is 13.2 Å². The molecule has 0 fully saturated rings. The molecule has 0 saturated heterocycles. The van der Waals surface area contributed by atoms with Gasteiger partial charge in [-0.05, 0) is 12.1 Å². The first-order chi connectivity index (χ1) is 9.29. The maximum atomic E-state index is 12.3. The molecule has 1 amide bonds. The van der Waals surface area contributed by atoms with Crippen molar-refractivity contribution in [3.63, 3.8) is 0 Å². The van der Waals surface area contributed by atoms with Crippen LogP contribution in [-0.2, 0) is 10.9 Å². The third-order valence-corrected chi connectivity index (χ3v) is 2.38. The van der Waals surface area contributed by atoms with Crippen molar-refractivity contribution in [3.8, 4) is 0 Å². The van der Waals surface area contributed by atoms with Crippen molar-refractivity contribution < 1.29 is 27.8 Å². The lowest BCUT2D eigenvalue weighted by molar-refractivity contribution is -0.141. The number of aromatic amines is 1. The maximum Gasteiger partial charge on any atom is 0.431 e. The summed E-state index contributed by atoms with van der Waals surface area (Å²) in [6, 6.07) is 0.618. The van der Waals surface area contributed by atoms with Gasteiger partial charge in [0.1, 0.15) is 11.3 Å². The highest BCUT2D eigenvalue weighted by atomic mass is 19.4. The molecular formula is C11H13F3N2O4. The number of ether oxygens (including phenoxy) is 1. The molecule has 0 aliphatic rings. The van der Waals surface area contributed by atoms with Crippen LogP contribution >= 0.6 is 0 Å². The molecule has 1 atom stereocenters. The van der Waals surface area contributed by atoms with Crippen molar-refractivity contribution in [3.05, 3.63) is 33.7 Å². The quantitative estimate of drug-likeness (QED) is 0.720. The van der Waals surface area contributed by atoms with Crippen LogP contribution < -0.4 is 10.9 Å².